The van der Waals surface area contributed by atoms with E-state index in [9.17, 15) is 4.39 Å². The van der Waals surface area contributed by atoms with E-state index in [2.05, 4.69) is 94.4 Å². The van der Waals surface area contributed by atoms with Gasteiger partial charge in [-0.25, -0.2) is 9.37 Å². The summed E-state index contributed by atoms with van der Waals surface area (Å²) in [6.07, 6.45) is 0. The van der Waals surface area contributed by atoms with E-state index in [0.717, 1.165) is 43.8 Å². The van der Waals surface area contributed by atoms with Crippen LogP contribution in [0.2, 0.25) is 0 Å². The van der Waals surface area contributed by atoms with Crippen molar-refractivity contribution in [2.24, 2.45) is 0 Å². The number of halogens is 1. The van der Waals surface area contributed by atoms with Crippen LogP contribution in [0.3, 0.4) is 0 Å². The summed E-state index contributed by atoms with van der Waals surface area (Å²) in [5.74, 6) is -0.266. The first-order valence-electron chi connectivity index (χ1n) is 13.0. The Bertz CT molecular complexity index is 1880. The number of aromatic nitrogens is 1. The quantitative estimate of drug-likeness (QED) is 0.180. The predicted molar refractivity (Wildman–Crippen MR) is 155 cm³/mol. The molecule has 0 radical (unpaired) electrons. The second kappa shape index (κ2) is 8.10. The van der Waals surface area contributed by atoms with E-state index in [-0.39, 0.29) is 5.82 Å². The van der Waals surface area contributed by atoms with Crippen LogP contribution in [0.5, 0.6) is 0 Å². The van der Waals surface area contributed by atoms with Gasteiger partial charge < -0.3 is 9.31 Å². The van der Waals surface area contributed by atoms with Gasteiger partial charge in [0.2, 0.25) is 0 Å². The molecule has 5 heteroatoms. The first-order valence-corrected chi connectivity index (χ1v) is 13.0. The first-order chi connectivity index (χ1) is 18.2. The van der Waals surface area contributed by atoms with E-state index in [0.29, 0.717) is 0 Å². The molecule has 0 amide bonds. The van der Waals surface area contributed by atoms with Gasteiger partial charge in [-0.2, -0.15) is 0 Å². The summed E-state index contributed by atoms with van der Waals surface area (Å²) in [6.45, 7) is 8.24. The third-order valence-corrected chi connectivity index (χ3v) is 8.34. The third kappa shape index (κ3) is 3.39. The maximum atomic E-state index is 13.9. The lowest BCUT2D eigenvalue weighted by Gasteiger charge is -2.32. The third-order valence-electron chi connectivity index (χ3n) is 8.34. The van der Waals surface area contributed by atoms with Gasteiger partial charge in [0.15, 0.2) is 0 Å². The highest BCUT2D eigenvalue weighted by molar-refractivity contribution is 6.62. The van der Waals surface area contributed by atoms with Gasteiger partial charge in [-0.05, 0) is 85.0 Å². The van der Waals surface area contributed by atoms with E-state index in [1.54, 1.807) is 0 Å². The molecule has 1 aliphatic heterocycles. The monoisotopic (exact) mass is 499 g/mol. The van der Waals surface area contributed by atoms with Crippen LogP contribution >= 0.6 is 0 Å². The van der Waals surface area contributed by atoms with Crippen molar-refractivity contribution in [2.75, 3.05) is 0 Å². The fraction of sp³-hybridized carbons (Fsp3) is 0.182. The van der Waals surface area contributed by atoms with Crippen LogP contribution in [0.15, 0.2) is 91.0 Å². The van der Waals surface area contributed by atoms with E-state index < -0.39 is 18.3 Å². The van der Waals surface area contributed by atoms with Crippen LogP contribution in [0.25, 0.3) is 54.5 Å². The van der Waals surface area contributed by atoms with Crippen LogP contribution < -0.4 is 5.46 Å². The summed E-state index contributed by atoms with van der Waals surface area (Å²) in [5.41, 5.74) is 2.62. The van der Waals surface area contributed by atoms with E-state index >= 15 is 0 Å². The molecule has 0 N–H and O–H groups in total. The Kier molecular flexibility index (Phi) is 4.97. The summed E-state index contributed by atoms with van der Waals surface area (Å²) < 4.78 is 26.6. The maximum absolute atomic E-state index is 13.9. The van der Waals surface area contributed by atoms with Gasteiger partial charge in [-0.15, -0.1) is 0 Å². The van der Waals surface area contributed by atoms with Crippen LogP contribution in [0, 0.1) is 5.82 Å². The molecule has 1 aromatic heterocycles. The minimum absolute atomic E-state index is 0.266. The smallest absolute Gasteiger partial charge is 0.399 e. The summed E-state index contributed by atoms with van der Waals surface area (Å²) >= 11 is 0. The lowest BCUT2D eigenvalue weighted by molar-refractivity contribution is 0.00578. The normalized spacial score (nSPS) is 16.7. The molecule has 3 nitrogen and oxygen atoms in total. The highest BCUT2D eigenvalue weighted by Gasteiger charge is 2.51. The van der Waals surface area contributed by atoms with Crippen molar-refractivity contribution in [3.8, 4) is 11.3 Å². The second-order valence-corrected chi connectivity index (χ2v) is 11.2. The Morgan fingerprint density at radius 3 is 1.79 bits per heavy atom. The molecule has 0 saturated carbocycles. The Hall–Kier alpha value is -3.80. The van der Waals surface area contributed by atoms with Crippen molar-refractivity contribution >= 4 is 55.8 Å². The Balaban J connectivity index is 1.60. The zero-order valence-corrected chi connectivity index (χ0v) is 21.9. The molecule has 6 aromatic rings. The summed E-state index contributed by atoms with van der Waals surface area (Å²) in [6, 6.07) is 29.9. The number of nitrogens with zero attached hydrogens (tertiary/aromatic N) is 1. The average molecular weight is 499 g/mol. The van der Waals surface area contributed by atoms with Crippen molar-refractivity contribution in [3.05, 3.63) is 96.8 Å². The molecular formula is C33H27BFNO2. The molecule has 186 valence electrons. The van der Waals surface area contributed by atoms with E-state index in [4.69, 9.17) is 14.3 Å². The number of hydrogen-bond donors (Lipinski definition) is 0. The lowest BCUT2D eigenvalue weighted by atomic mass is 9.78. The standard InChI is InChI=1S/C33H27BFNO2/c1-32(2)33(3,4)38-34(37-32)21-15-18-27-28(19-21)36-31(20-13-16-22(35)17-14-20)30-26-12-8-6-10-24(26)23-9-5-7-11-25(23)29(27)30/h5-19H,1-4H3. The number of fused-ring (bicyclic) bond motifs is 8. The molecule has 0 unspecified atom stereocenters. The summed E-state index contributed by atoms with van der Waals surface area (Å²) in [5, 5.41) is 7.95. The van der Waals surface area contributed by atoms with Crippen molar-refractivity contribution < 1.29 is 13.7 Å². The van der Waals surface area contributed by atoms with Gasteiger partial charge in [0.05, 0.1) is 22.4 Å². The van der Waals surface area contributed by atoms with Gasteiger partial charge in [0.1, 0.15) is 5.82 Å². The molecule has 38 heavy (non-hydrogen) atoms. The zero-order chi connectivity index (χ0) is 26.2. The average Bonchev–Trinajstić information content (AvgIpc) is 3.14. The fourth-order valence-electron chi connectivity index (χ4n) is 5.64. The highest BCUT2D eigenvalue weighted by atomic mass is 19.1. The van der Waals surface area contributed by atoms with Crippen molar-refractivity contribution in [2.45, 2.75) is 38.9 Å². The van der Waals surface area contributed by atoms with Crippen LogP contribution in [-0.2, 0) is 9.31 Å². The highest BCUT2D eigenvalue weighted by Crippen LogP contribution is 2.43. The second-order valence-electron chi connectivity index (χ2n) is 11.2. The maximum Gasteiger partial charge on any atom is 0.494 e. The predicted octanol–water partition coefficient (Wildman–Crippen LogP) is 7.80. The van der Waals surface area contributed by atoms with Gasteiger partial charge >= 0.3 is 7.12 Å². The number of pyridine rings is 1. The largest absolute Gasteiger partial charge is 0.494 e. The minimum Gasteiger partial charge on any atom is -0.399 e. The van der Waals surface area contributed by atoms with E-state index in [1.165, 1.54) is 28.3 Å². The van der Waals surface area contributed by atoms with Crippen LogP contribution in [0.4, 0.5) is 4.39 Å². The Morgan fingerprint density at radius 1 is 0.632 bits per heavy atom. The minimum atomic E-state index is -0.482. The molecule has 0 atom stereocenters. The molecule has 0 bridgehead atoms. The number of hydrogen-bond acceptors (Lipinski definition) is 3. The molecule has 0 aliphatic carbocycles. The number of rotatable bonds is 2. The fourth-order valence-corrected chi connectivity index (χ4v) is 5.64. The van der Waals surface area contributed by atoms with Crippen molar-refractivity contribution in [1.29, 1.82) is 0 Å². The molecule has 2 heterocycles. The molecule has 0 spiro atoms. The molecule has 1 aliphatic rings. The zero-order valence-electron chi connectivity index (χ0n) is 21.9. The van der Waals surface area contributed by atoms with Crippen molar-refractivity contribution in [3.63, 3.8) is 0 Å². The molecule has 5 aromatic carbocycles. The molecule has 7 rings (SSSR count). The first kappa shape index (κ1) is 23.3. The number of benzene rings is 5. The summed E-state index contributed by atoms with van der Waals surface area (Å²) in [4.78, 5) is 5.23. The lowest BCUT2D eigenvalue weighted by Crippen LogP contribution is -2.41. The molecular weight excluding hydrogens is 472 g/mol. The van der Waals surface area contributed by atoms with Gasteiger partial charge in [-0.1, -0.05) is 60.7 Å². The summed E-state index contributed by atoms with van der Waals surface area (Å²) in [7, 11) is -0.482. The Morgan fingerprint density at radius 2 is 1.18 bits per heavy atom. The van der Waals surface area contributed by atoms with Crippen molar-refractivity contribution in [1.82, 2.24) is 4.98 Å². The van der Waals surface area contributed by atoms with Crippen LogP contribution in [-0.4, -0.2) is 23.3 Å². The van der Waals surface area contributed by atoms with Gasteiger partial charge in [-0.3, -0.25) is 0 Å². The molecule has 1 saturated heterocycles. The van der Waals surface area contributed by atoms with Crippen LogP contribution in [0.1, 0.15) is 27.7 Å². The SMILES string of the molecule is CC1(C)OB(c2ccc3c(c2)nc(-c2ccc(F)cc2)c2c4ccccc4c4ccccc4c32)OC1(C)C. The van der Waals surface area contributed by atoms with E-state index in [1.807, 2.05) is 12.1 Å². The van der Waals surface area contributed by atoms with Gasteiger partial charge in [0, 0.05) is 21.7 Å². The topological polar surface area (TPSA) is 31.4 Å². The Labute approximate surface area is 221 Å². The van der Waals surface area contributed by atoms with Gasteiger partial charge in [0.25, 0.3) is 0 Å². The molecule has 1 fully saturated rings.